The van der Waals surface area contributed by atoms with Crippen LogP contribution >= 0.6 is 0 Å². The van der Waals surface area contributed by atoms with Gasteiger partial charge in [0, 0.05) is 24.0 Å². The summed E-state index contributed by atoms with van der Waals surface area (Å²) in [4.78, 5) is 12.3. The molecule has 6 nitrogen and oxygen atoms in total. The maximum Gasteiger partial charge on any atom is 0.243 e. The fourth-order valence-corrected chi connectivity index (χ4v) is 3.19. The summed E-state index contributed by atoms with van der Waals surface area (Å²) in [6.45, 7) is 4.48. The van der Waals surface area contributed by atoms with Crippen molar-refractivity contribution in [3.05, 3.63) is 84.4 Å². The molecule has 3 aromatic rings. The van der Waals surface area contributed by atoms with Gasteiger partial charge in [0.05, 0.1) is 19.8 Å². The van der Waals surface area contributed by atoms with E-state index >= 15 is 0 Å². The predicted molar refractivity (Wildman–Crippen MR) is 132 cm³/mol. The Hall–Kier alpha value is -3.51. The first-order chi connectivity index (χ1) is 16.2. The van der Waals surface area contributed by atoms with Crippen molar-refractivity contribution < 1.29 is 19.0 Å². The van der Waals surface area contributed by atoms with Gasteiger partial charge in [-0.25, -0.2) is 0 Å². The molecule has 2 N–H and O–H groups in total. The lowest BCUT2D eigenvalue weighted by Crippen LogP contribution is -2.21. The molecular weight excluding hydrogens is 416 g/mol. The summed E-state index contributed by atoms with van der Waals surface area (Å²) in [6, 6.07) is 25.3. The Labute approximate surface area is 195 Å². The molecule has 174 valence electrons. The molecule has 0 aliphatic heterocycles. The molecule has 0 radical (unpaired) electrons. The zero-order valence-corrected chi connectivity index (χ0v) is 19.1. The van der Waals surface area contributed by atoms with Gasteiger partial charge in [-0.3, -0.25) is 4.79 Å². The van der Waals surface area contributed by atoms with E-state index in [1.165, 1.54) is 5.56 Å². The number of nitrogens with one attached hydrogen (secondary N) is 2. The van der Waals surface area contributed by atoms with Crippen LogP contribution in [0, 0.1) is 0 Å². The summed E-state index contributed by atoms with van der Waals surface area (Å²) in [5.74, 6) is 1.40. The monoisotopic (exact) mass is 448 g/mol. The Bertz CT molecular complexity index is 961. The summed E-state index contributed by atoms with van der Waals surface area (Å²) in [5, 5.41) is 6.02. The van der Waals surface area contributed by atoms with E-state index < -0.39 is 0 Å². The minimum atomic E-state index is -0.130. The van der Waals surface area contributed by atoms with E-state index in [0.29, 0.717) is 26.4 Å². The van der Waals surface area contributed by atoms with Crippen molar-refractivity contribution in [3.8, 4) is 11.5 Å². The average Bonchev–Trinajstić information content (AvgIpc) is 2.85. The van der Waals surface area contributed by atoms with Crippen LogP contribution in [-0.2, 0) is 16.0 Å². The SMILES string of the molecule is CCOCCOc1ccc(NC(=O)CNc2cccc(OCCCc3ccccc3)c2)cc1. The Morgan fingerprint density at radius 1 is 0.788 bits per heavy atom. The number of hydrogen-bond acceptors (Lipinski definition) is 5. The number of amides is 1. The second-order valence-electron chi connectivity index (χ2n) is 7.44. The number of carbonyl (C=O) groups is 1. The topological polar surface area (TPSA) is 68.8 Å². The number of ether oxygens (including phenoxy) is 3. The van der Waals surface area contributed by atoms with E-state index in [4.69, 9.17) is 14.2 Å². The van der Waals surface area contributed by atoms with Gasteiger partial charge in [0.1, 0.15) is 18.1 Å². The minimum absolute atomic E-state index is 0.130. The summed E-state index contributed by atoms with van der Waals surface area (Å²) >= 11 is 0. The van der Waals surface area contributed by atoms with Gasteiger partial charge < -0.3 is 24.8 Å². The van der Waals surface area contributed by atoms with Crippen LogP contribution in [0.1, 0.15) is 18.9 Å². The van der Waals surface area contributed by atoms with Crippen LogP contribution in [0.5, 0.6) is 11.5 Å². The third kappa shape index (κ3) is 9.25. The molecule has 6 heteroatoms. The van der Waals surface area contributed by atoms with Gasteiger partial charge >= 0.3 is 0 Å². The van der Waals surface area contributed by atoms with Crippen molar-refractivity contribution in [2.24, 2.45) is 0 Å². The lowest BCUT2D eigenvalue weighted by Gasteiger charge is -2.11. The molecule has 0 fully saturated rings. The lowest BCUT2D eigenvalue weighted by atomic mass is 10.1. The third-order valence-corrected chi connectivity index (χ3v) is 4.85. The highest BCUT2D eigenvalue weighted by Gasteiger charge is 2.04. The smallest absolute Gasteiger partial charge is 0.243 e. The fraction of sp³-hybridized carbons (Fsp3) is 0.296. The first kappa shape index (κ1) is 24.1. The number of hydrogen-bond donors (Lipinski definition) is 2. The van der Waals surface area contributed by atoms with Crippen molar-refractivity contribution in [3.63, 3.8) is 0 Å². The molecule has 0 bridgehead atoms. The summed E-state index contributed by atoms with van der Waals surface area (Å²) in [7, 11) is 0. The average molecular weight is 449 g/mol. The third-order valence-electron chi connectivity index (χ3n) is 4.85. The molecule has 0 aromatic heterocycles. The molecule has 0 saturated heterocycles. The van der Waals surface area contributed by atoms with E-state index in [1.54, 1.807) is 0 Å². The summed E-state index contributed by atoms with van der Waals surface area (Å²) in [5.41, 5.74) is 2.87. The van der Waals surface area contributed by atoms with Crippen molar-refractivity contribution in [1.82, 2.24) is 0 Å². The molecule has 3 aromatic carbocycles. The summed E-state index contributed by atoms with van der Waals surface area (Å²) < 4.78 is 16.7. The van der Waals surface area contributed by atoms with Crippen molar-refractivity contribution in [2.45, 2.75) is 19.8 Å². The Morgan fingerprint density at radius 2 is 1.58 bits per heavy atom. The second kappa shape index (κ2) is 13.8. The van der Waals surface area contributed by atoms with Gasteiger partial charge in [-0.2, -0.15) is 0 Å². The normalized spacial score (nSPS) is 10.5. The van der Waals surface area contributed by atoms with Crippen LogP contribution in [0.25, 0.3) is 0 Å². The van der Waals surface area contributed by atoms with Crippen LogP contribution in [-0.4, -0.2) is 38.9 Å². The molecule has 0 aliphatic carbocycles. The van der Waals surface area contributed by atoms with Gasteiger partial charge in [-0.05, 0) is 61.7 Å². The molecule has 0 unspecified atom stereocenters. The van der Waals surface area contributed by atoms with Crippen LogP contribution in [0.15, 0.2) is 78.9 Å². The van der Waals surface area contributed by atoms with Gasteiger partial charge in [-0.15, -0.1) is 0 Å². The highest BCUT2D eigenvalue weighted by molar-refractivity contribution is 5.93. The van der Waals surface area contributed by atoms with Crippen LogP contribution in [0.2, 0.25) is 0 Å². The standard InChI is InChI=1S/C27H32N2O4/c1-2-31-18-19-33-25-15-13-23(14-16-25)29-27(30)21-28-24-11-6-12-26(20-24)32-17-7-10-22-8-4-3-5-9-22/h3-6,8-9,11-16,20,28H,2,7,10,17-19,21H2,1H3,(H,29,30). The predicted octanol–water partition coefficient (Wildman–Crippen LogP) is 5.16. The fourth-order valence-electron chi connectivity index (χ4n) is 3.19. The number of carbonyl (C=O) groups excluding carboxylic acids is 1. The van der Waals surface area contributed by atoms with E-state index in [1.807, 2.05) is 61.5 Å². The highest BCUT2D eigenvalue weighted by Crippen LogP contribution is 2.18. The molecule has 3 rings (SSSR count). The largest absolute Gasteiger partial charge is 0.494 e. The molecule has 0 spiro atoms. The maximum atomic E-state index is 12.3. The highest BCUT2D eigenvalue weighted by atomic mass is 16.5. The van der Waals surface area contributed by atoms with Crippen LogP contribution in [0.3, 0.4) is 0 Å². The van der Waals surface area contributed by atoms with Gasteiger partial charge in [0.2, 0.25) is 5.91 Å². The second-order valence-corrected chi connectivity index (χ2v) is 7.44. The van der Waals surface area contributed by atoms with Crippen molar-refractivity contribution in [2.75, 3.05) is 43.6 Å². The lowest BCUT2D eigenvalue weighted by molar-refractivity contribution is -0.114. The zero-order chi connectivity index (χ0) is 23.1. The van der Waals surface area contributed by atoms with Gasteiger partial charge in [0.25, 0.3) is 0 Å². The molecule has 0 saturated carbocycles. The quantitative estimate of drug-likeness (QED) is 0.333. The van der Waals surface area contributed by atoms with E-state index in [2.05, 4.69) is 34.9 Å². The Morgan fingerprint density at radius 3 is 2.36 bits per heavy atom. The van der Waals surface area contributed by atoms with Crippen LogP contribution in [0.4, 0.5) is 11.4 Å². The molecule has 1 amide bonds. The van der Waals surface area contributed by atoms with E-state index in [9.17, 15) is 4.79 Å². The van der Waals surface area contributed by atoms with E-state index in [0.717, 1.165) is 35.7 Å². The summed E-state index contributed by atoms with van der Waals surface area (Å²) in [6.07, 6.45) is 1.93. The van der Waals surface area contributed by atoms with Gasteiger partial charge in [0.15, 0.2) is 0 Å². The van der Waals surface area contributed by atoms with Crippen molar-refractivity contribution in [1.29, 1.82) is 0 Å². The first-order valence-electron chi connectivity index (χ1n) is 11.3. The van der Waals surface area contributed by atoms with Crippen LogP contribution < -0.4 is 20.1 Å². The van der Waals surface area contributed by atoms with Crippen molar-refractivity contribution >= 4 is 17.3 Å². The number of aryl methyl sites for hydroxylation is 1. The molecule has 0 heterocycles. The number of benzene rings is 3. The Kier molecular flexibility index (Phi) is 10.1. The van der Waals surface area contributed by atoms with Gasteiger partial charge in [-0.1, -0.05) is 36.4 Å². The molecular formula is C27H32N2O4. The Balaban J connectivity index is 1.36. The number of anilines is 2. The zero-order valence-electron chi connectivity index (χ0n) is 19.1. The molecule has 0 aliphatic rings. The van der Waals surface area contributed by atoms with E-state index in [-0.39, 0.29) is 12.5 Å². The maximum absolute atomic E-state index is 12.3. The first-order valence-corrected chi connectivity index (χ1v) is 11.3. The molecule has 0 atom stereocenters. The molecule has 33 heavy (non-hydrogen) atoms. The number of rotatable bonds is 14. The minimum Gasteiger partial charge on any atom is -0.494 e.